The zero-order valence-electron chi connectivity index (χ0n) is 10.8. The zero-order chi connectivity index (χ0) is 15.7. The molecule has 0 saturated heterocycles. The van der Waals surface area contributed by atoms with E-state index in [0.717, 1.165) is 5.32 Å². The standard InChI is InChI=1S/C10H15F6NO2/c1-5-8(9(11,12)13,10(14,15)16)17-6(18)19-7(2,3)4/h5H2,1-4H3,(H,17,18). The number of hydrogen-bond acceptors (Lipinski definition) is 2. The lowest BCUT2D eigenvalue weighted by atomic mass is 9.94. The molecule has 0 fully saturated rings. The highest BCUT2D eigenvalue weighted by atomic mass is 19.4. The van der Waals surface area contributed by atoms with E-state index in [-0.39, 0.29) is 0 Å². The SMILES string of the molecule is CCC(NC(=O)OC(C)(C)C)(C(F)(F)F)C(F)(F)F. The molecule has 0 radical (unpaired) electrons. The molecule has 0 atom stereocenters. The van der Waals surface area contributed by atoms with Crippen LogP contribution in [0, 0.1) is 0 Å². The molecule has 0 saturated carbocycles. The molecule has 1 N–H and O–H groups in total. The van der Waals surface area contributed by atoms with E-state index in [0.29, 0.717) is 6.92 Å². The molecule has 0 aliphatic heterocycles. The molecule has 9 heteroatoms. The Morgan fingerprint density at radius 2 is 1.37 bits per heavy atom. The van der Waals surface area contributed by atoms with Crippen molar-refractivity contribution < 1.29 is 35.9 Å². The van der Waals surface area contributed by atoms with Crippen LogP contribution in [-0.2, 0) is 4.74 Å². The highest BCUT2D eigenvalue weighted by Gasteiger charge is 2.71. The number of hydrogen-bond donors (Lipinski definition) is 1. The Labute approximate surface area is 106 Å². The summed E-state index contributed by atoms with van der Waals surface area (Å²) in [4.78, 5) is 11.2. The van der Waals surface area contributed by atoms with Crippen LogP contribution in [0.4, 0.5) is 31.1 Å². The minimum absolute atomic E-state index is 0.679. The van der Waals surface area contributed by atoms with Gasteiger partial charge in [-0.15, -0.1) is 0 Å². The molecule has 0 aromatic rings. The number of halogens is 6. The average Bonchev–Trinajstić information content (AvgIpc) is 2.06. The summed E-state index contributed by atoms with van der Waals surface area (Å²) < 4.78 is 80.5. The minimum atomic E-state index is -5.68. The van der Waals surface area contributed by atoms with E-state index in [1.807, 2.05) is 0 Å². The lowest BCUT2D eigenvalue weighted by Crippen LogP contribution is -2.67. The van der Waals surface area contributed by atoms with Crippen LogP contribution in [0.15, 0.2) is 0 Å². The monoisotopic (exact) mass is 295 g/mol. The van der Waals surface area contributed by atoms with Gasteiger partial charge in [0, 0.05) is 0 Å². The molecule has 114 valence electrons. The predicted molar refractivity (Wildman–Crippen MR) is 54.5 cm³/mol. The highest BCUT2D eigenvalue weighted by molar-refractivity contribution is 5.69. The number of carbonyl (C=O) groups is 1. The first kappa shape index (κ1) is 17.8. The van der Waals surface area contributed by atoms with Gasteiger partial charge in [-0.25, -0.2) is 4.79 Å². The van der Waals surface area contributed by atoms with E-state index in [1.165, 1.54) is 20.8 Å². The van der Waals surface area contributed by atoms with Crippen molar-refractivity contribution in [3.63, 3.8) is 0 Å². The second-order valence-corrected chi connectivity index (χ2v) is 4.88. The maximum Gasteiger partial charge on any atom is 0.420 e. The first-order chi connectivity index (χ1) is 8.16. The van der Waals surface area contributed by atoms with Crippen molar-refractivity contribution in [2.45, 2.75) is 57.6 Å². The number of alkyl halides is 6. The van der Waals surface area contributed by atoms with Crippen LogP contribution in [0.25, 0.3) is 0 Å². The van der Waals surface area contributed by atoms with Crippen molar-refractivity contribution in [3.05, 3.63) is 0 Å². The largest absolute Gasteiger partial charge is 0.444 e. The molecular weight excluding hydrogens is 280 g/mol. The summed E-state index contributed by atoms with van der Waals surface area (Å²) >= 11 is 0. The van der Waals surface area contributed by atoms with Crippen molar-refractivity contribution in [2.75, 3.05) is 0 Å². The van der Waals surface area contributed by atoms with Gasteiger partial charge in [0.2, 0.25) is 5.54 Å². The molecular formula is C10H15F6NO2. The fraction of sp³-hybridized carbons (Fsp3) is 0.900. The molecule has 0 aromatic carbocycles. The van der Waals surface area contributed by atoms with Gasteiger partial charge >= 0.3 is 18.4 Å². The van der Waals surface area contributed by atoms with E-state index in [2.05, 4.69) is 4.74 Å². The van der Waals surface area contributed by atoms with E-state index in [4.69, 9.17) is 0 Å². The number of nitrogens with one attached hydrogen (secondary N) is 1. The maximum atomic E-state index is 12.7. The van der Waals surface area contributed by atoms with E-state index in [9.17, 15) is 31.1 Å². The normalized spacial score (nSPS) is 14.2. The number of ether oxygens (including phenoxy) is 1. The van der Waals surface area contributed by atoms with Crippen LogP contribution in [0.1, 0.15) is 34.1 Å². The summed E-state index contributed by atoms with van der Waals surface area (Å²) in [6.07, 6.45) is -14.5. The van der Waals surface area contributed by atoms with Gasteiger partial charge in [-0.2, -0.15) is 26.3 Å². The van der Waals surface area contributed by atoms with Crippen molar-refractivity contribution in [3.8, 4) is 0 Å². The summed E-state index contributed by atoms with van der Waals surface area (Å²) in [5, 5.41) is 0.905. The van der Waals surface area contributed by atoms with Crippen LogP contribution in [-0.4, -0.2) is 29.6 Å². The van der Waals surface area contributed by atoms with E-state index >= 15 is 0 Å². The number of amides is 1. The highest BCUT2D eigenvalue weighted by Crippen LogP contribution is 2.45. The number of carbonyl (C=O) groups excluding carboxylic acids is 1. The van der Waals surface area contributed by atoms with Crippen molar-refractivity contribution in [1.82, 2.24) is 5.32 Å². The van der Waals surface area contributed by atoms with Crippen molar-refractivity contribution in [2.24, 2.45) is 0 Å². The van der Waals surface area contributed by atoms with E-state index in [1.54, 1.807) is 0 Å². The predicted octanol–water partition coefficient (Wildman–Crippen LogP) is 3.78. The number of rotatable bonds is 2. The Kier molecular flexibility index (Phi) is 4.78. The summed E-state index contributed by atoms with van der Waals surface area (Å²) in [6.45, 7) is 4.64. The molecule has 0 unspecified atom stereocenters. The molecule has 0 rings (SSSR count). The third-order valence-electron chi connectivity index (χ3n) is 2.21. The summed E-state index contributed by atoms with van der Waals surface area (Å²) in [5.41, 5.74) is -5.52. The zero-order valence-corrected chi connectivity index (χ0v) is 10.8. The smallest absolute Gasteiger partial charge is 0.420 e. The molecule has 0 spiro atoms. The average molecular weight is 295 g/mol. The summed E-state index contributed by atoms with van der Waals surface area (Å²) in [7, 11) is 0. The van der Waals surface area contributed by atoms with Gasteiger partial charge in [-0.1, -0.05) is 6.92 Å². The Bertz CT molecular complexity index is 314. The quantitative estimate of drug-likeness (QED) is 0.787. The molecule has 1 amide bonds. The van der Waals surface area contributed by atoms with Gasteiger partial charge in [0.25, 0.3) is 0 Å². The van der Waals surface area contributed by atoms with Crippen LogP contribution in [0.5, 0.6) is 0 Å². The molecule has 19 heavy (non-hydrogen) atoms. The molecule has 0 aliphatic rings. The van der Waals surface area contributed by atoms with Crippen molar-refractivity contribution in [1.29, 1.82) is 0 Å². The Morgan fingerprint density at radius 1 is 1.00 bits per heavy atom. The third-order valence-corrected chi connectivity index (χ3v) is 2.21. The van der Waals surface area contributed by atoms with Crippen LogP contribution in [0.2, 0.25) is 0 Å². The van der Waals surface area contributed by atoms with Gasteiger partial charge in [-0.05, 0) is 27.2 Å². The van der Waals surface area contributed by atoms with Crippen LogP contribution in [0.3, 0.4) is 0 Å². The van der Waals surface area contributed by atoms with Gasteiger partial charge in [0.05, 0.1) is 0 Å². The molecule has 0 heterocycles. The first-order valence-electron chi connectivity index (χ1n) is 5.31. The molecule has 0 bridgehead atoms. The molecule has 0 aromatic heterocycles. The topological polar surface area (TPSA) is 38.3 Å². The number of alkyl carbamates (subject to hydrolysis) is 1. The van der Waals surface area contributed by atoms with Gasteiger partial charge in [-0.3, -0.25) is 5.32 Å². The molecule has 0 aliphatic carbocycles. The lowest BCUT2D eigenvalue weighted by molar-refractivity contribution is -0.306. The van der Waals surface area contributed by atoms with Crippen LogP contribution < -0.4 is 5.32 Å². The Hall–Kier alpha value is -1.15. The minimum Gasteiger partial charge on any atom is -0.444 e. The Balaban J connectivity index is 5.37. The summed E-state index contributed by atoms with van der Waals surface area (Å²) in [5.74, 6) is 0. The first-order valence-corrected chi connectivity index (χ1v) is 5.31. The maximum absolute atomic E-state index is 12.7. The summed E-state index contributed by atoms with van der Waals surface area (Å²) in [6, 6.07) is 0. The lowest BCUT2D eigenvalue weighted by Gasteiger charge is -2.37. The van der Waals surface area contributed by atoms with Gasteiger partial charge in [0.1, 0.15) is 5.60 Å². The fourth-order valence-electron chi connectivity index (χ4n) is 1.27. The van der Waals surface area contributed by atoms with Crippen molar-refractivity contribution >= 4 is 6.09 Å². The van der Waals surface area contributed by atoms with Gasteiger partial charge in [0.15, 0.2) is 0 Å². The third kappa shape index (κ3) is 4.17. The molecule has 3 nitrogen and oxygen atoms in total. The second kappa shape index (κ2) is 5.09. The van der Waals surface area contributed by atoms with Gasteiger partial charge < -0.3 is 4.74 Å². The van der Waals surface area contributed by atoms with E-state index < -0.39 is 36.0 Å². The second-order valence-electron chi connectivity index (χ2n) is 4.88. The Morgan fingerprint density at radius 3 is 1.58 bits per heavy atom. The fourth-order valence-corrected chi connectivity index (χ4v) is 1.27. The van der Waals surface area contributed by atoms with Crippen LogP contribution >= 0.6 is 0 Å².